The van der Waals surface area contributed by atoms with Crippen LogP contribution in [-0.2, 0) is 22.4 Å². The Morgan fingerprint density at radius 2 is 1.84 bits per heavy atom. The first kappa shape index (κ1) is 21.4. The molecule has 1 aromatic rings. The molecule has 3 unspecified atom stereocenters. The van der Waals surface area contributed by atoms with Gasteiger partial charge in [0.1, 0.15) is 6.04 Å². The predicted molar refractivity (Wildman–Crippen MR) is 122 cm³/mol. The highest BCUT2D eigenvalue weighted by Gasteiger charge is 2.35. The quantitative estimate of drug-likeness (QED) is 0.730. The SMILES string of the molecule is CC1CC(C(=O)N(CC2CCN(C3Cc4ccccc4C3)CC2)CC2CCCO2)NN1. The van der Waals surface area contributed by atoms with Crippen molar-refractivity contribution in [1.29, 1.82) is 0 Å². The average Bonchev–Trinajstić information content (AvgIpc) is 3.54. The minimum Gasteiger partial charge on any atom is -0.376 e. The molecule has 0 bridgehead atoms. The summed E-state index contributed by atoms with van der Waals surface area (Å²) >= 11 is 0. The number of piperidine rings is 1. The molecule has 2 N–H and O–H groups in total. The zero-order valence-electron chi connectivity index (χ0n) is 18.9. The molecule has 6 nitrogen and oxygen atoms in total. The van der Waals surface area contributed by atoms with E-state index in [9.17, 15) is 4.79 Å². The predicted octanol–water partition coefficient (Wildman–Crippen LogP) is 2.13. The molecule has 0 aromatic heterocycles. The van der Waals surface area contributed by atoms with Gasteiger partial charge >= 0.3 is 0 Å². The lowest BCUT2D eigenvalue weighted by atomic mass is 9.94. The molecule has 1 aliphatic carbocycles. The van der Waals surface area contributed by atoms with Gasteiger partial charge in [0, 0.05) is 31.8 Å². The van der Waals surface area contributed by atoms with Crippen LogP contribution in [0.1, 0.15) is 50.2 Å². The number of carbonyl (C=O) groups excluding carboxylic acids is 1. The molecule has 0 spiro atoms. The van der Waals surface area contributed by atoms with Gasteiger partial charge in [-0.3, -0.25) is 15.1 Å². The maximum atomic E-state index is 13.3. The minimum absolute atomic E-state index is 0.103. The van der Waals surface area contributed by atoms with E-state index in [4.69, 9.17) is 4.74 Å². The Balaban J connectivity index is 1.16. The molecule has 5 rings (SSSR count). The summed E-state index contributed by atoms with van der Waals surface area (Å²) in [6.45, 7) is 6.92. The summed E-state index contributed by atoms with van der Waals surface area (Å²) in [7, 11) is 0. The molecule has 31 heavy (non-hydrogen) atoms. The molecule has 4 aliphatic rings. The maximum absolute atomic E-state index is 13.3. The molecule has 3 saturated heterocycles. The third kappa shape index (κ3) is 4.98. The van der Waals surface area contributed by atoms with Crippen LogP contribution in [-0.4, -0.2) is 72.7 Å². The van der Waals surface area contributed by atoms with Gasteiger partial charge in [0.25, 0.3) is 0 Å². The van der Waals surface area contributed by atoms with E-state index in [-0.39, 0.29) is 18.1 Å². The Morgan fingerprint density at radius 3 is 2.45 bits per heavy atom. The number of fused-ring (bicyclic) bond motifs is 1. The van der Waals surface area contributed by atoms with Crippen molar-refractivity contribution in [2.45, 2.75) is 76.1 Å². The van der Waals surface area contributed by atoms with Gasteiger partial charge in [-0.05, 0) is 82.0 Å². The fraction of sp³-hybridized carbons (Fsp3) is 0.720. The highest BCUT2D eigenvalue weighted by molar-refractivity contribution is 5.82. The molecular weight excluding hydrogens is 388 g/mol. The average molecular weight is 427 g/mol. The summed E-state index contributed by atoms with van der Waals surface area (Å²) in [5.74, 6) is 0.846. The van der Waals surface area contributed by atoms with Gasteiger partial charge in [-0.15, -0.1) is 0 Å². The first-order valence-electron chi connectivity index (χ1n) is 12.4. The van der Waals surface area contributed by atoms with Crippen molar-refractivity contribution in [3.8, 4) is 0 Å². The first-order chi connectivity index (χ1) is 15.2. The molecule has 1 aromatic carbocycles. The number of likely N-dealkylation sites (tertiary alicyclic amines) is 1. The van der Waals surface area contributed by atoms with Crippen molar-refractivity contribution in [3.05, 3.63) is 35.4 Å². The van der Waals surface area contributed by atoms with E-state index in [1.54, 1.807) is 0 Å². The number of amides is 1. The molecule has 1 amide bonds. The minimum atomic E-state index is -0.103. The van der Waals surface area contributed by atoms with Crippen molar-refractivity contribution >= 4 is 5.91 Å². The lowest BCUT2D eigenvalue weighted by molar-refractivity contribution is -0.135. The van der Waals surface area contributed by atoms with E-state index in [0.717, 1.165) is 52.0 Å². The number of ether oxygens (including phenoxy) is 1. The Bertz CT molecular complexity index is 733. The van der Waals surface area contributed by atoms with Crippen LogP contribution < -0.4 is 10.9 Å². The summed E-state index contributed by atoms with van der Waals surface area (Å²) in [4.78, 5) is 18.1. The lowest BCUT2D eigenvalue weighted by Gasteiger charge is -2.38. The Kier molecular flexibility index (Phi) is 6.60. The monoisotopic (exact) mass is 426 g/mol. The van der Waals surface area contributed by atoms with Gasteiger partial charge in [-0.1, -0.05) is 24.3 Å². The number of benzene rings is 1. The largest absolute Gasteiger partial charge is 0.376 e. The van der Waals surface area contributed by atoms with Crippen molar-refractivity contribution in [1.82, 2.24) is 20.7 Å². The van der Waals surface area contributed by atoms with Gasteiger partial charge in [-0.25, -0.2) is 5.43 Å². The van der Waals surface area contributed by atoms with Crippen LogP contribution in [0.5, 0.6) is 0 Å². The summed E-state index contributed by atoms with van der Waals surface area (Å²) < 4.78 is 5.88. The second kappa shape index (κ2) is 9.57. The standard InChI is InChI=1S/C25H38N4O2/c1-18-13-24(27-26-18)25(30)29(17-23-7-4-12-31-23)16-19-8-10-28(11-9-19)22-14-20-5-2-3-6-21(20)15-22/h2-3,5-6,18-19,22-24,26-27H,4,7-17H2,1H3. The molecule has 170 valence electrons. The van der Waals surface area contributed by atoms with Gasteiger partial charge in [0.2, 0.25) is 5.91 Å². The summed E-state index contributed by atoms with van der Waals surface area (Å²) in [6, 6.07) is 9.84. The number of nitrogens with one attached hydrogen (secondary N) is 2. The zero-order chi connectivity index (χ0) is 21.2. The van der Waals surface area contributed by atoms with Gasteiger partial charge < -0.3 is 9.64 Å². The van der Waals surface area contributed by atoms with Crippen molar-refractivity contribution in [2.24, 2.45) is 5.92 Å². The third-order valence-corrected chi connectivity index (χ3v) is 7.82. The number of nitrogens with zero attached hydrogens (tertiary/aromatic N) is 2. The normalized spacial score (nSPS) is 30.0. The Hall–Kier alpha value is -1.47. The molecule has 3 aliphatic heterocycles. The van der Waals surface area contributed by atoms with Crippen LogP contribution in [0, 0.1) is 5.92 Å². The molecule has 6 heteroatoms. The number of hydrogen-bond donors (Lipinski definition) is 2. The molecule has 0 radical (unpaired) electrons. The second-order valence-corrected chi connectivity index (χ2v) is 10.2. The van der Waals surface area contributed by atoms with Crippen LogP contribution in [0.3, 0.4) is 0 Å². The van der Waals surface area contributed by atoms with E-state index in [1.165, 1.54) is 36.8 Å². The maximum Gasteiger partial charge on any atom is 0.241 e. The molecular formula is C25H38N4O2. The number of hydrogen-bond acceptors (Lipinski definition) is 5. The van der Waals surface area contributed by atoms with Crippen LogP contribution in [0.2, 0.25) is 0 Å². The molecule has 3 heterocycles. The van der Waals surface area contributed by atoms with E-state index in [0.29, 0.717) is 18.0 Å². The zero-order valence-corrected chi connectivity index (χ0v) is 18.9. The highest BCUT2D eigenvalue weighted by atomic mass is 16.5. The number of rotatable bonds is 6. The topological polar surface area (TPSA) is 56.8 Å². The van der Waals surface area contributed by atoms with Crippen molar-refractivity contribution in [3.63, 3.8) is 0 Å². The van der Waals surface area contributed by atoms with Crippen LogP contribution in [0.4, 0.5) is 0 Å². The summed E-state index contributed by atoms with van der Waals surface area (Å²) in [6.07, 6.45) is 8.05. The smallest absolute Gasteiger partial charge is 0.241 e. The summed E-state index contributed by atoms with van der Waals surface area (Å²) in [5, 5.41) is 0. The fourth-order valence-electron chi connectivity index (χ4n) is 5.99. The number of carbonyl (C=O) groups is 1. The number of hydrazine groups is 1. The fourth-order valence-corrected chi connectivity index (χ4v) is 5.99. The lowest BCUT2D eigenvalue weighted by Crippen LogP contribution is -2.51. The van der Waals surface area contributed by atoms with Crippen LogP contribution in [0.15, 0.2) is 24.3 Å². The van der Waals surface area contributed by atoms with E-state index >= 15 is 0 Å². The summed E-state index contributed by atoms with van der Waals surface area (Å²) in [5.41, 5.74) is 9.50. The van der Waals surface area contributed by atoms with E-state index < -0.39 is 0 Å². The van der Waals surface area contributed by atoms with Gasteiger partial charge in [-0.2, -0.15) is 0 Å². The molecule has 0 saturated carbocycles. The van der Waals surface area contributed by atoms with Crippen molar-refractivity contribution in [2.75, 3.05) is 32.8 Å². The molecule has 3 fully saturated rings. The Labute approximate surface area is 186 Å². The Morgan fingerprint density at radius 1 is 1.10 bits per heavy atom. The van der Waals surface area contributed by atoms with Gasteiger partial charge in [0.05, 0.1) is 6.10 Å². The van der Waals surface area contributed by atoms with E-state index in [1.807, 2.05) is 0 Å². The highest BCUT2D eigenvalue weighted by Crippen LogP contribution is 2.29. The van der Waals surface area contributed by atoms with Crippen LogP contribution >= 0.6 is 0 Å². The van der Waals surface area contributed by atoms with Crippen LogP contribution in [0.25, 0.3) is 0 Å². The third-order valence-electron chi connectivity index (χ3n) is 7.82. The van der Waals surface area contributed by atoms with Gasteiger partial charge in [0.15, 0.2) is 0 Å². The first-order valence-corrected chi connectivity index (χ1v) is 12.4. The van der Waals surface area contributed by atoms with E-state index in [2.05, 4.69) is 51.8 Å². The molecule has 3 atom stereocenters. The van der Waals surface area contributed by atoms with Crippen molar-refractivity contribution < 1.29 is 9.53 Å². The second-order valence-electron chi connectivity index (χ2n) is 10.2.